The number of benzene rings is 2. The standard InChI is InChI=1S/C36H48N6O4Si2/c1-8-47(9-2,10-3)22-21-36(24-44-48(35(5,6)7,27-17-13-11-14-18-27)28-19-15-12-16-20-28)23-29(45-26(4)43)33(46-36)42-25-39-30-31(37)40-34(38)41-32(30)42/h11-20,25,29,33H,8-10,23-24H2,1-7H3,(H4,37,38,40,41)/t29?,33-,36+/m1/s1. The molecule has 2 aromatic heterocycles. The molecule has 1 aliphatic heterocycles. The zero-order valence-electron chi connectivity index (χ0n) is 29.1. The third-order valence-electron chi connectivity index (χ3n) is 9.78. The molecule has 1 aliphatic rings. The van der Waals surface area contributed by atoms with Crippen LogP contribution in [0.4, 0.5) is 11.8 Å². The lowest BCUT2D eigenvalue weighted by Gasteiger charge is -2.44. The molecule has 1 unspecified atom stereocenters. The second-order valence-corrected chi connectivity index (χ2v) is 22.9. The lowest BCUT2D eigenvalue weighted by atomic mass is 10.0. The second kappa shape index (κ2) is 13.8. The zero-order valence-corrected chi connectivity index (χ0v) is 31.1. The molecule has 0 bridgehead atoms. The molecule has 3 heterocycles. The number of hydrogen-bond donors (Lipinski definition) is 2. The minimum Gasteiger partial charge on any atom is -0.458 e. The van der Waals surface area contributed by atoms with Gasteiger partial charge in [-0.1, -0.05) is 108 Å². The molecule has 3 atom stereocenters. The summed E-state index contributed by atoms with van der Waals surface area (Å²) in [5.74, 6) is 3.40. The molecule has 4 N–H and O–H groups in total. The molecule has 2 aromatic carbocycles. The Hall–Kier alpha value is -4.03. The van der Waals surface area contributed by atoms with Gasteiger partial charge in [-0.3, -0.25) is 9.36 Å². The maximum Gasteiger partial charge on any atom is 0.303 e. The predicted molar refractivity (Wildman–Crippen MR) is 196 cm³/mol. The summed E-state index contributed by atoms with van der Waals surface area (Å²) in [4.78, 5) is 25.5. The van der Waals surface area contributed by atoms with Crippen LogP contribution in [-0.4, -0.2) is 60.2 Å². The summed E-state index contributed by atoms with van der Waals surface area (Å²) < 4.78 is 22.2. The van der Waals surface area contributed by atoms with E-state index in [1.54, 1.807) is 10.9 Å². The summed E-state index contributed by atoms with van der Waals surface area (Å²) in [6.07, 6.45) is 0.340. The van der Waals surface area contributed by atoms with Crippen molar-refractivity contribution in [2.24, 2.45) is 0 Å². The van der Waals surface area contributed by atoms with Crippen molar-refractivity contribution in [3.8, 4) is 11.5 Å². The highest BCUT2D eigenvalue weighted by atomic mass is 28.4. The smallest absolute Gasteiger partial charge is 0.303 e. The number of esters is 1. The summed E-state index contributed by atoms with van der Waals surface area (Å²) in [7, 11) is -4.92. The maximum absolute atomic E-state index is 12.6. The first-order valence-corrected chi connectivity index (χ1v) is 21.3. The van der Waals surface area contributed by atoms with Gasteiger partial charge in [0.2, 0.25) is 5.95 Å². The Morgan fingerprint density at radius 3 is 2.10 bits per heavy atom. The van der Waals surface area contributed by atoms with Crippen LogP contribution in [-0.2, 0) is 18.7 Å². The Kier molecular flexibility index (Phi) is 10.2. The third-order valence-corrected chi connectivity index (χ3v) is 19.5. The lowest BCUT2D eigenvalue weighted by molar-refractivity contribution is -0.153. The summed E-state index contributed by atoms with van der Waals surface area (Å²) in [5, 5.41) is 2.04. The van der Waals surface area contributed by atoms with E-state index >= 15 is 0 Å². The number of fused-ring (bicyclic) bond motifs is 1. The van der Waals surface area contributed by atoms with E-state index < -0.39 is 40.3 Å². The van der Waals surface area contributed by atoms with Gasteiger partial charge in [0.25, 0.3) is 8.32 Å². The molecule has 0 saturated carbocycles. The van der Waals surface area contributed by atoms with E-state index in [1.165, 1.54) is 6.92 Å². The summed E-state index contributed by atoms with van der Waals surface area (Å²) in [6.45, 7) is 15.0. The molecule has 1 fully saturated rings. The van der Waals surface area contributed by atoms with E-state index in [9.17, 15) is 4.79 Å². The lowest BCUT2D eigenvalue weighted by Crippen LogP contribution is -2.67. The molecule has 12 heteroatoms. The molecule has 5 rings (SSSR count). The van der Waals surface area contributed by atoms with Crippen LogP contribution in [0.3, 0.4) is 0 Å². The quantitative estimate of drug-likeness (QED) is 0.131. The average Bonchev–Trinajstić information content (AvgIpc) is 3.64. The number of hydrogen-bond acceptors (Lipinski definition) is 9. The molecular formula is C36H48N6O4Si2. The second-order valence-electron chi connectivity index (χ2n) is 13.7. The topological polar surface area (TPSA) is 140 Å². The number of anilines is 2. The number of nitrogen functional groups attached to an aromatic ring is 2. The minimum atomic E-state index is -2.98. The monoisotopic (exact) mass is 684 g/mol. The van der Waals surface area contributed by atoms with Crippen LogP contribution in [0.15, 0.2) is 67.0 Å². The number of aromatic nitrogens is 4. The van der Waals surface area contributed by atoms with E-state index in [2.05, 4.69) is 116 Å². The number of nitrogens with zero attached hydrogens (tertiary/aromatic N) is 4. The van der Waals surface area contributed by atoms with Gasteiger partial charge < -0.3 is 25.4 Å². The molecule has 0 aliphatic carbocycles. The number of carbonyl (C=O) groups excluding carboxylic acids is 1. The first-order valence-electron chi connectivity index (χ1n) is 16.7. The van der Waals surface area contributed by atoms with E-state index in [-0.39, 0.29) is 23.4 Å². The molecule has 254 valence electrons. The molecule has 0 amide bonds. The Bertz CT molecular complexity index is 1750. The van der Waals surface area contributed by atoms with Crippen molar-refractivity contribution < 1.29 is 18.7 Å². The highest BCUT2D eigenvalue weighted by Gasteiger charge is 2.55. The average molecular weight is 685 g/mol. The van der Waals surface area contributed by atoms with E-state index in [4.69, 9.17) is 25.4 Å². The number of nitrogens with two attached hydrogens (primary N) is 2. The van der Waals surface area contributed by atoms with Gasteiger partial charge in [0, 0.05) is 13.3 Å². The Balaban J connectivity index is 1.69. The van der Waals surface area contributed by atoms with Gasteiger partial charge in [-0.25, -0.2) is 4.98 Å². The van der Waals surface area contributed by atoms with Crippen LogP contribution in [0.5, 0.6) is 0 Å². The first-order chi connectivity index (χ1) is 22.8. The van der Waals surface area contributed by atoms with Crippen LogP contribution in [0.1, 0.15) is 61.1 Å². The molecule has 48 heavy (non-hydrogen) atoms. The molecule has 0 radical (unpaired) electrons. The van der Waals surface area contributed by atoms with Crippen molar-refractivity contribution in [3.63, 3.8) is 0 Å². The number of carbonyl (C=O) groups is 1. The summed E-state index contributed by atoms with van der Waals surface area (Å²) in [6, 6.07) is 24.1. The Morgan fingerprint density at radius 2 is 1.58 bits per heavy atom. The molecule has 4 aromatic rings. The van der Waals surface area contributed by atoms with E-state index in [0.29, 0.717) is 17.6 Å². The van der Waals surface area contributed by atoms with Gasteiger partial charge in [-0.15, -0.1) is 5.54 Å². The largest absolute Gasteiger partial charge is 0.458 e. The molecule has 10 nitrogen and oxygen atoms in total. The number of imidazole rings is 1. The Morgan fingerprint density at radius 1 is 1.00 bits per heavy atom. The highest BCUT2D eigenvalue weighted by Crippen LogP contribution is 2.43. The molecule has 0 spiro atoms. The molecule has 1 saturated heterocycles. The van der Waals surface area contributed by atoms with Gasteiger partial charge >= 0.3 is 5.97 Å². The first kappa shape index (κ1) is 35.3. The van der Waals surface area contributed by atoms with Crippen LogP contribution in [0.2, 0.25) is 23.2 Å². The Labute approximate surface area is 285 Å². The van der Waals surface area contributed by atoms with E-state index in [1.807, 2.05) is 12.1 Å². The number of ether oxygens (including phenoxy) is 2. The fourth-order valence-electron chi connectivity index (χ4n) is 6.93. The fourth-order valence-corrected chi connectivity index (χ4v) is 14.1. The summed E-state index contributed by atoms with van der Waals surface area (Å²) >= 11 is 0. The van der Waals surface area contributed by atoms with Crippen molar-refractivity contribution in [1.29, 1.82) is 0 Å². The number of rotatable bonds is 10. The van der Waals surface area contributed by atoms with Crippen molar-refractivity contribution in [2.45, 2.75) is 96.0 Å². The van der Waals surface area contributed by atoms with Gasteiger partial charge in [-0.05, 0) is 33.5 Å². The fraction of sp³-hybridized carbons (Fsp3) is 0.444. The van der Waals surface area contributed by atoms with Gasteiger partial charge in [0.05, 0.1) is 12.9 Å². The van der Waals surface area contributed by atoms with E-state index in [0.717, 1.165) is 28.5 Å². The predicted octanol–water partition coefficient (Wildman–Crippen LogP) is 5.21. The minimum absolute atomic E-state index is 0.00877. The highest BCUT2D eigenvalue weighted by molar-refractivity contribution is 6.99. The van der Waals surface area contributed by atoms with Crippen molar-refractivity contribution in [3.05, 3.63) is 67.0 Å². The van der Waals surface area contributed by atoms with Crippen molar-refractivity contribution >= 4 is 55.7 Å². The van der Waals surface area contributed by atoms with Gasteiger partial charge in [0.15, 0.2) is 29.4 Å². The van der Waals surface area contributed by atoms with Crippen LogP contribution >= 0.6 is 0 Å². The third kappa shape index (κ3) is 6.65. The molecular weight excluding hydrogens is 637 g/mol. The van der Waals surface area contributed by atoms with Crippen LogP contribution in [0.25, 0.3) is 11.2 Å². The zero-order chi connectivity index (χ0) is 34.7. The summed E-state index contributed by atoms with van der Waals surface area (Å²) in [5.41, 5.74) is 15.6. The SMILES string of the molecule is CC[Si](C#C[C@@]1(CO[Si](c2ccccc2)(c2ccccc2)C(C)(C)C)CC(OC(C)=O)[C@H](n2cnc3c(N)nc(N)nc32)O1)(CC)CC. The van der Waals surface area contributed by atoms with Gasteiger partial charge in [0.1, 0.15) is 13.6 Å². The van der Waals surface area contributed by atoms with Crippen LogP contribution < -0.4 is 21.8 Å². The maximum atomic E-state index is 12.6. The normalized spacial score (nSPS) is 20.0. The van der Waals surface area contributed by atoms with Crippen molar-refractivity contribution in [1.82, 2.24) is 19.5 Å². The van der Waals surface area contributed by atoms with Gasteiger partial charge in [-0.2, -0.15) is 9.97 Å². The van der Waals surface area contributed by atoms with Crippen LogP contribution in [0, 0.1) is 11.5 Å². The van der Waals surface area contributed by atoms with Crippen molar-refractivity contribution in [2.75, 3.05) is 18.1 Å².